The van der Waals surface area contributed by atoms with Crippen molar-refractivity contribution in [2.75, 3.05) is 12.4 Å². The van der Waals surface area contributed by atoms with E-state index in [2.05, 4.69) is 15.4 Å². The maximum absolute atomic E-state index is 13.6. The molecule has 2 aromatic carbocycles. The zero-order chi connectivity index (χ0) is 18.5. The number of carbonyl (C=O) groups excluding carboxylic acids is 1. The Hall–Kier alpha value is -3.26. The van der Waals surface area contributed by atoms with Gasteiger partial charge in [0.25, 0.3) is 5.91 Å². The quantitative estimate of drug-likeness (QED) is 0.708. The highest BCUT2D eigenvalue weighted by atomic mass is 19.1. The Bertz CT molecular complexity index is 895. The van der Waals surface area contributed by atoms with Crippen LogP contribution in [-0.2, 0) is 6.54 Å². The number of amides is 1. The molecule has 1 heterocycles. The molecule has 1 unspecified atom stereocenters. The fourth-order valence-electron chi connectivity index (χ4n) is 2.34. The third kappa shape index (κ3) is 4.04. The van der Waals surface area contributed by atoms with Crippen LogP contribution in [0.5, 0.6) is 5.75 Å². The molecule has 0 aliphatic rings. The molecular formula is C18H17FN4O3. The highest BCUT2D eigenvalue weighted by Gasteiger charge is 2.15. The van der Waals surface area contributed by atoms with E-state index in [-0.39, 0.29) is 18.1 Å². The van der Waals surface area contributed by atoms with Gasteiger partial charge in [-0.2, -0.15) is 0 Å². The number of aliphatic hydroxyl groups excluding tert-OH is 1. The SMILES string of the molecule is COc1ccc(C(O)Cn2cnc(C(=O)Nc3ccccc3F)n2)cc1. The second-order valence-corrected chi connectivity index (χ2v) is 5.51. The zero-order valence-electron chi connectivity index (χ0n) is 14.0. The van der Waals surface area contributed by atoms with E-state index in [9.17, 15) is 14.3 Å². The van der Waals surface area contributed by atoms with Crippen molar-refractivity contribution in [3.8, 4) is 5.75 Å². The Morgan fingerprint density at radius 2 is 2.00 bits per heavy atom. The minimum atomic E-state index is -0.829. The molecule has 3 aromatic rings. The molecule has 0 aliphatic heterocycles. The number of nitrogens with one attached hydrogen (secondary N) is 1. The maximum atomic E-state index is 13.6. The van der Waals surface area contributed by atoms with Crippen molar-refractivity contribution in [1.29, 1.82) is 0 Å². The predicted molar refractivity (Wildman–Crippen MR) is 92.3 cm³/mol. The summed E-state index contributed by atoms with van der Waals surface area (Å²) in [6, 6.07) is 12.8. The normalized spacial score (nSPS) is 11.8. The number of halogens is 1. The van der Waals surface area contributed by atoms with E-state index in [1.807, 2.05) is 0 Å². The molecule has 0 spiro atoms. The van der Waals surface area contributed by atoms with Gasteiger partial charge >= 0.3 is 0 Å². The summed E-state index contributed by atoms with van der Waals surface area (Å²) in [5.74, 6) is -0.605. The van der Waals surface area contributed by atoms with Crippen LogP contribution in [0.25, 0.3) is 0 Å². The highest BCUT2D eigenvalue weighted by Crippen LogP contribution is 2.19. The summed E-state index contributed by atoms with van der Waals surface area (Å²) in [4.78, 5) is 16.0. The van der Waals surface area contributed by atoms with Crippen molar-refractivity contribution in [1.82, 2.24) is 14.8 Å². The van der Waals surface area contributed by atoms with Crippen LogP contribution in [0.2, 0.25) is 0 Å². The first-order valence-electron chi connectivity index (χ1n) is 7.84. The number of benzene rings is 2. The van der Waals surface area contributed by atoms with Crippen molar-refractivity contribution in [3.63, 3.8) is 0 Å². The number of anilines is 1. The topological polar surface area (TPSA) is 89.3 Å². The summed E-state index contributed by atoms with van der Waals surface area (Å²) >= 11 is 0. The zero-order valence-corrected chi connectivity index (χ0v) is 14.0. The van der Waals surface area contributed by atoms with E-state index in [0.29, 0.717) is 11.3 Å². The lowest BCUT2D eigenvalue weighted by Crippen LogP contribution is -2.16. The molecule has 7 nitrogen and oxygen atoms in total. The summed E-state index contributed by atoms with van der Waals surface area (Å²) in [5.41, 5.74) is 0.728. The first kappa shape index (κ1) is 17.6. The first-order chi connectivity index (χ1) is 12.6. The number of carbonyl (C=O) groups is 1. The summed E-state index contributed by atoms with van der Waals surface area (Å²) in [6.07, 6.45) is 0.508. The smallest absolute Gasteiger partial charge is 0.295 e. The number of hydrogen-bond acceptors (Lipinski definition) is 5. The van der Waals surface area contributed by atoms with Crippen LogP contribution in [0.4, 0.5) is 10.1 Å². The summed E-state index contributed by atoms with van der Waals surface area (Å²) in [7, 11) is 1.56. The van der Waals surface area contributed by atoms with Gasteiger partial charge in [0.1, 0.15) is 17.9 Å². The van der Waals surface area contributed by atoms with Crippen LogP contribution >= 0.6 is 0 Å². The lowest BCUT2D eigenvalue weighted by molar-refractivity contribution is 0.101. The molecule has 0 bridgehead atoms. The van der Waals surface area contributed by atoms with Crippen LogP contribution in [-0.4, -0.2) is 32.9 Å². The number of ether oxygens (including phenoxy) is 1. The Morgan fingerprint density at radius 1 is 1.27 bits per heavy atom. The molecule has 1 aromatic heterocycles. The Kier molecular flexibility index (Phi) is 5.23. The minimum absolute atomic E-state index is 0.0483. The lowest BCUT2D eigenvalue weighted by Gasteiger charge is -2.11. The standard InChI is InChI=1S/C18H17FN4O3/c1-26-13-8-6-12(7-9-13)16(24)10-23-11-20-17(22-23)18(25)21-15-5-3-2-4-14(15)19/h2-9,11,16,24H,10H2,1H3,(H,21,25). The second kappa shape index (κ2) is 7.75. The molecule has 1 amide bonds. The molecule has 3 rings (SSSR count). The van der Waals surface area contributed by atoms with Crippen LogP contribution in [0.15, 0.2) is 54.9 Å². The third-order valence-corrected chi connectivity index (χ3v) is 3.72. The molecule has 26 heavy (non-hydrogen) atoms. The molecule has 0 radical (unpaired) electrons. The van der Waals surface area contributed by atoms with Crippen LogP contribution in [0, 0.1) is 5.82 Å². The van der Waals surface area contributed by atoms with Crippen LogP contribution < -0.4 is 10.1 Å². The van der Waals surface area contributed by atoms with Crippen LogP contribution in [0.3, 0.4) is 0 Å². The van der Waals surface area contributed by atoms with Gasteiger partial charge < -0.3 is 15.2 Å². The summed E-state index contributed by atoms with van der Waals surface area (Å²) in [5, 5.41) is 16.7. The minimum Gasteiger partial charge on any atom is -0.497 e. The van der Waals surface area contributed by atoms with Gasteiger partial charge in [-0.05, 0) is 29.8 Å². The fraction of sp³-hybridized carbons (Fsp3) is 0.167. The van der Waals surface area contributed by atoms with E-state index in [1.54, 1.807) is 37.4 Å². The van der Waals surface area contributed by atoms with E-state index >= 15 is 0 Å². The highest BCUT2D eigenvalue weighted by molar-refractivity contribution is 6.01. The summed E-state index contributed by atoms with van der Waals surface area (Å²) < 4.78 is 20.0. The second-order valence-electron chi connectivity index (χ2n) is 5.51. The Labute approximate surface area is 149 Å². The van der Waals surface area contributed by atoms with Gasteiger partial charge in [-0.15, -0.1) is 5.10 Å². The number of para-hydroxylation sites is 1. The van der Waals surface area contributed by atoms with E-state index in [0.717, 1.165) is 0 Å². The lowest BCUT2D eigenvalue weighted by atomic mass is 10.1. The van der Waals surface area contributed by atoms with E-state index in [4.69, 9.17) is 4.74 Å². The Balaban J connectivity index is 1.65. The molecule has 0 saturated heterocycles. The van der Waals surface area contributed by atoms with Crippen molar-refractivity contribution >= 4 is 11.6 Å². The molecule has 1 atom stereocenters. The monoisotopic (exact) mass is 356 g/mol. The maximum Gasteiger partial charge on any atom is 0.295 e. The van der Waals surface area contributed by atoms with E-state index < -0.39 is 17.8 Å². The largest absolute Gasteiger partial charge is 0.497 e. The van der Waals surface area contributed by atoms with Crippen molar-refractivity contribution in [3.05, 3.63) is 72.1 Å². The fourth-order valence-corrected chi connectivity index (χ4v) is 2.34. The number of nitrogens with zero attached hydrogens (tertiary/aromatic N) is 3. The van der Waals surface area contributed by atoms with Crippen molar-refractivity contribution in [2.24, 2.45) is 0 Å². The summed E-state index contributed by atoms with van der Waals surface area (Å²) in [6.45, 7) is 0.117. The molecule has 8 heteroatoms. The first-order valence-corrected chi connectivity index (χ1v) is 7.84. The Morgan fingerprint density at radius 3 is 2.69 bits per heavy atom. The average Bonchev–Trinajstić information content (AvgIpc) is 3.12. The third-order valence-electron chi connectivity index (χ3n) is 3.72. The van der Waals surface area contributed by atoms with Crippen molar-refractivity contribution < 1.29 is 19.0 Å². The van der Waals surface area contributed by atoms with Gasteiger partial charge in [0, 0.05) is 0 Å². The molecular weight excluding hydrogens is 339 g/mol. The molecule has 2 N–H and O–H groups in total. The number of rotatable bonds is 6. The predicted octanol–water partition coefficient (Wildman–Crippen LogP) is 2.41. The van der Waals surface area contributed by atoms with Crippen LogP contribution in [0.1, 0.15) is 22.3 Å². The van der Waals surface area contributed by atoms with Gasteiger partial charge in [0.2, 0.25) is 5.82 Å². The van der Waals surface area contributed by atoms with Gasteiger partial charge in [0.05, 0.1) is 25.4 Å². The van der Waals surface area contributed by atoms with Crippen molar-refractivity contribution in [2.45, 2.75) is 12.6 Å². The average molecular weight is 356 g/mol. The molecule has 0 fully saturated rings. The number of hydrogen-bond donors (Lipinski definition) is 2. The number of aliphatic hydroxyl groups is 1. The molecule has 134 valence electrons. The number of aromatic nitrogens is 3. The molecule has 0 saturated carbocycles. The van der Waals surface area contributed by atoms with Gasteiger partial charge in [0.15, 0.2) is 0 Å². The van der Waals surface area contributed by atoms with Gasteiger partial charge in [-0.1, -0.05) is 24.3 Å². The van der Waals surface area contributed by atoms with Gasteiger partial charge in [-0.3, -0.25) is 4.79 Å². The molecule has 0 aliphatic carbocycles. The number of methoxy groups -OCH3 is 1. The van der Waals surface area contributed by atoms with Gasteiger partial charge in [-0.25, -0.2) is 14.1 Å². The van der Waals surface area contributed by atoms with E-state index in [1.165, 1.54) is 29.2 Å².